The van der Waals surface area contributed by atoms with Crippen molar-refractivity contribution in [3.05, 3.63) is 54.2 Å². The van der Waals surface area contributed by atoms with Crippen LogP contribution in [0.4, 0.5) is 5.13 Å². The van der Waals surface area contributed by atoms with Crippen LogP contribution in [0.15, 0.2) is 53.6 Å². The van der Waals surface area contributed by atoms with Crippen molar-refractivity contribution in [2.24, 2.45) is 0 Å². The number of rotatable bonds is 6. The van der Waals surface area contributed by atoms with E-state index < -0.39 is 10.0 Å². The van der Waals surface area contributed by atoms with Gasteiger partial charge in [-0.15, -0.1) is 10.2 Å². The molecular formula is C19H21N5O2S2. The van der Waals surface area contributed by atoms with Gasteiger partial charge in [0.05, 0.1) is 4.90 Å². The Morgan fingerprint density at radius 2 is 1.79 bits per heavy atom. The van der Waals surface area contributed by atoms with Gasteiger partial charge in [-0.2, -0.15) is 4.31 Å². The molecule has 1 saturated heterocycles. The van der Waals surface area contributed by atoms with Crippen molar-refractivity contribution in [1.29, 1.82) is 0 Å². The monoisotopic (exact) mass is 415 g/mol. The third kappa shape index (κ3) is 4.21. The van der Waals surface area contributed by atoms with Crippen LogP contribution >= 0.6 is 11.3 Å². The third-order valence-electron chi connectivity index (χ3n) is 4.63. The summed E-state index contributed by atoms with van der Waals surface area (Å²) in [7, 11) is -3.39. The quantitative estimate of drug-likeness (QED) is 0.664. The Balaban J connectivity index is 1.39. The third-order valence-corrected chi connectivity index (χ3v) is 7.45. The summed E-state index contributed by atoms with van der Waals surface area (Å²) in [6, 6.07) is 12.7. The number of aromatic nitrogens is 3. The minimum absolute atomic E-state index is 0.353. The Morgan fingerprint density at radius 1 is 1.00 bits per heavy atom. The Labute approximate surface area is 168 Å². The maximum absolute atomic E-state index is 12.7. The Bertz CT molecular complexity index is 1010. The number of sulfonamides is 1. The molecule has 28 heavy (non-hydrogen) atoms. The molecule has 0 amide bonds. The van der Waals surface area contributed by atoms with Gasteiger partial charge >= 0.3 is 0 Å². The molecule has 0 aliphatic carbocycles. The van der Waals surface area contributed by atoms with Crippen molar-refractivity contribution in [2.45, 2.75) is 30.7 Å². The van der Waals surface area contributed by atoms with Crippen LogP contribution in [0.5, 0.6) is 0 Å². The minimum Gasteiger partial charge on any atom is -0.356 e. The standard InChI is InChI=1S/C19H21N5O2S2/c25-28(26,24-12-4-1-5-13-24)16-9-7-15(8-10-16)14-21-19-23-22-18(27-19)17-6-2-3-11-20-17/h2-3,6-11H,1,4-5,12-14H2,(H,21,23). The van der Waals surface area contributed by atoms with Gasteiger partial charge < -0.3 is 5.32 Å². The first-order chi connectivity index (χ1) is 13.6. The second-order valence-corrected chi connectivity index (χ2v) is 9.51. The van der Waals surface area contributed by atoms with Crippen LogP contribution in [0.1, 0.15) is 24.8 Å². The molecule has 0 atom stereocenters. The molecule has 7 nitrogen and oxygen atoms in total. The van der Waals surface area contributed by atoms with E-state index in [0.29, 0.717) is 29.7 Å². The predicted octanol–water partition coefficient (Wildman–Crippen LogP) is 3.39. The average molecular weight is 416 g/mol. The fourth-order valence-corrected chi connectivity index (χ4v) is 5.33. The highest BCUT2D eigenvalue weighted by Gasteiger charge is 2.25. The molecule has 146 valence electrons. The van der Waals surface area contributed by atoms with E-state index in [2.05, 4.69) is 20.5 Å². The van der Waals surface area contributed by atoms with Crippen LogP contribution in [-0.2, 0) is 16.6 Å². The van der Waals surface area contributed by atoms with Crippen molar-refractivity contribution in [3.8, 4) is 10.7 Å². The molecule has 1 fully saturated rings. The van der Waals surface area contributed by atoms with Crippen molar-refractivity contribution < 1.29 is 8.42 Å². The minimum atomic E-state index is -3.39. The van der Waals surface area contributed by atoms with Crippen LogP contribution < -0.4 is 5.32 Å². The van der Waals surface area contributed by atoms with Crippen LogP contribution in [0.2, 0.25) is 0 Å². The summed E-state index contributed by atoms with van der Waals surface area (Å²) in [6.45, 7) is 1.77. The summed E-state index contributed by atoms with van der Waals surface area (Å²) in [4.78, 5) is 4.62. The van der Waals surface area contributed by atoms with Crippen molar-refractivity contribution in [3.63, 3.8) is 0 Å². The van der Waals surface area contributed by atoms with E-state index in [4.69, 9.17) is 0 Å². The van der Waals surface area contributed by atoms with Gasteiger partial charge in [0.2, 0.25) is 15.2 Å². The summed E-state index contributed by atoms with van der Waals surface area (Å²) in [5.74, 6) is 0. The van der Waals surface area contributed by atoms with E-state index >= 15 is 0 Å². The zero-order chi connectivity index (χ0) is 19.4. The summed E-state index contributed by atoms with van der Waals surface area (Å²) < 4.78 is 27.0. The molecule has 1 aromatic carbocycles. The molecule has 1 aliphatic rings. The second kappa shape index (κ2) is 8.34. The summed E-state index contributed by atoms with van der Waals surface area (Å²) in [5.41, 5.74) is 1.77. The fraction of sp³-hybridized carbons (Fsp3) is 0.316. The second-order valence-electron chi connectivity index (χ2n) is 6.59. The highest BCUT2D eigenvalue weighted by Crippen LogP contribution is 2.25. The van der Waals surface area contributed by atoms with E-state index in [0.717, 1.165) is 35.5 Å². The summed E-state index contributed by atoms with van der Waals surface area (Å²) in [5, 5.41) is 13.0. The molecule has 1 aliphatic heterocycles. The number of hydrogen-bond donors (Lipinski definition) is 1. The fourth-order valence-electron chi connectivity index (χ4n) is 3.10. The first kappa shape index (κ1) is 19.0. The zero-order valence-corrected chi connectivity index (χ0v) is 16.9. The average Bonchev–Trinajstić information content (AvgIpc) is 3.23. The van der Waals surface area contributed by atoms with Gasteiger partial charge in [0, 0.05) is 25.8 Å². The molecule has 3 heterocycles. The Morgan fingerprint density at radius 3 is 2.50 bits per heavy atom. The van der Waals surface area contributed by atoms with Gasteiger partial charge in [0.1, 0.15) is 5.69 Å². The van der Waals surface area contributed by atoms with E-state index in [-0.39, 0.29) is 0 Å². The first-order valence-electron chi connectivity index (χ1n) is 9.21. The number of anilines is 1. The van der Waals surface area contributed by atoms with Crippen LogP contribution in [0.3, 0.4) is 0 Å². The van der Waals surface area contributed by atoms with Crippen LogP contribution in [0, 0.1) is 0 Å². The molecular weight excluding hydrogens is 394 g/mol. The SMILES string of the molecule is O=S(=O)(c1ccc(CNc2nnc(-c3ccccn3)s2)cc1)N1CCCCC1. The van der Waals surface area contributed by atoms with Crippen molar-refractivity contribution in [1.82, 2.24) is 19.5 Å². The van der Waals surface area contributed by atoms with Gasteiger partial charge in [0.25, 0.3) is 0 Å². The smallest absolute Gasteiger partial charge is 0.243 e. The van der Waals surface area contributed by atoms with Gasteiger partial charge in [-0.1, -0.05) is 36.0 Å². The molecule has 0 spiro atoms. The molecule has 4 rings (SSSR count). The topological polar surface area (TPSA) is 88.1 Å². The molecule has 0 bridgehead atoms. The molecule has 2 aromatic heterocycles. The Hall–Kier alpha value is -2.36. The predicted molar refractivity (Wildman–Crippen MR) is 110 cm³/mol. The van der Waals surface area contributed by atoms with Gasteiger partial charge in [-0.05, 0) is 42.7 Å². The summed E-state index contributed by atoms with van der Waals surface area (Å²) in [6.07, 6.45) is 4.70. The maximum atomic E-state index is 12.7. The van der Waals surface area contributed by atoms with Crippen LogP contribution in [0.25, 0.3) is 10.7 Å². The molecule has 3 aromatic rings. The number of piperidine rings is 1. The number of hydrogen-bond acceptors (Lipinski definition) is 7. The van der Waals surface area contributed by atoms with Crippen molar-refractivity contribution >= 4 is 26.5 Å². The lowest BCUT2D eigenvalue weighted by Crippen LogP contribution is -2.35. The largest absolute Gasteiger partial charge is 0.356 e. The molecule has 0 radical (unpaired) electrons. The van der Waals surface area contributed by atoms with Crippen molar-refractivity contribution in [2.75, 3.05) is 18.4 Å². The Kier molecular flexibility index (Phi) is 5.65. The first-order valence-corrected chi connectivity index (χ1v) is 11.5. The number of benzene rings is 1. The number of pyridine rings is 1. The zero-order valence-electron chi connectivity index (χ0n) is 15.3. The molecule has 1 N–H and O–H groups in total. The lowest BCUT2D eigenvalue weighted by atomic mass is 10.2. The van der Waals surface area contributed by atoms with Crippen LogP contribution in [-0.4, -0.2) is 41.0 Å². The van der Waals surface area contributed by atoms with Gasteiger partial charge in [0.15, 0.2) is 5.01 Å². The lowest BCUT2D eigenvalue weighted by Gasteiger charge is -2.25. The molecule has 9 heteroatoms. The summed E-state index contributed by atoms with van der Waals surface area (Å²) >= 11 is 1.43. The van der Waals surface area contributed by atoms with Gasteiger partial charge in [-0.25, -0.2) is 8.42 Å². The normalized spacial score (nSPS) is 15.4. The maximum Gasteiger partial charge on any atom is 0.243 e. The number of nitrogens with zero attached hydrogens (tertiary/aromatic N) is 4. The molecule has 0 unspecified atom stereocenters. The number of nitrogens with one attached hydrogen (secondary N) is 1. The van der Waals surface area contributed by atoms with E-state index in [1.54, 1.807) is 22.6 Å². The van der Waals surface area contributed by atoms with E-state index in [1.165, 1.54) is 11.3 Å². The lowest BCUT2D eigenvalue weighted by molar-refractivity contribution is 0.346. The highest BCUT2D eigenvalue weighted by molar-refractivity contribution is 7.89. The van der Waals surface area contributed by atoms with Gasteiger partial charge in [-0.3, -0.25) is 4.98 Å². The van der Waals surface area contributed by atoms with E-state index in [9.17, 15) is 8.42 Å². The van der Waals surface area contributed by atoms with E-state index in [1.807, 2.05) is 30.3 Å². The molecule has 0 saturated carbocycles. The highest BCUT2D eigenvalue weighted by atomic mass is 32.2.